The number of anilines is 1. The third kappa shape index (κ3) is 5.03. The highest BCUT2D eigenvalue weighted by molar-refractivity contribution is 7.18. The van der Waals surface area contributed by atoms with E-state index in [0.29, 0.717) is 21.0 Å². The van der Waals surface area contributed by atoms with Gasteiger partial charge in [-0.25, -0.2) is 4.79 Å². The van der Waals surface area contributed by atoms with Gasteiger partial charge in [0.25, 0.3) is 11.8 Å². The predicted molar refractivity (Wildman–Crippen MR) is 116 cm³/mol. The first-order chi connectivity index (χ1) is 13.5. The summed E-state index contributed by atoms with van der Waals surface area (Å²) in [5, 5.41) is 3.10. The van der Waals surface area contributed by atoms with Crippen molar-refractivity contribution in [2.45, 2.75) is 40.0 Å². The molecule has 0 saturated carbocycles. The summed E-state index contributed by atoms with van der Waals surface area (Å²) in [4.78, 5) is 39.6. The number of rotatable bonds is 5. The Morgan fingerprint density at radius 3 is 2.17 bits per heavy atom. The van der Waals surface area contributed by atoms with Crippen molar-refractivity contribution in [1.82, 2.24) is 4.90 Å². The highest BCUT2D eigenvalue weighted by Crippen LogP contribution is 2.35. The average Bonchev–Trinajstić information content (AvgIpc) is 2.96. The van der Waals surface area contributed by atoms with Gasteiger partial charge >= 0.3 is 5.97 Å². The van der Waals surface area contributed by atoms with Crippen LogP contribution in [0.4, 0.5) is 5.00 Å². The van der Waals surface area contributed by atoms with E-state index < -0.39 is 5.97 Å². The van der Waals surface area contributed by atoms with Crippen molar-refractivity contribution >= 4 is 34.1 Å². The van der Waals surface area contributed by atoms with Gasteiger partial charge in [-0.2, -0.15) is 0 Å². The Balaban J connectivity index is 2.40. The first kappa shape index (κ1) is 22.6. The molecule has 6 nitrogen and oxygen atoms in total. The second kappa shape index (κ2) is 8.78. The van der Waals surface area contributed by atoms with Crippen LogP contribution in [0, 0.1) is 6.92 Å². The van der Waals surface area contributed by atoms with Gasteiger partial charge in [0.1, 0.15) is 5.00 Å². The zero-order valence-corrected chi connectivity index (χ0v) is 18.8. The van der Waals surface area contributed by atoms with Crippen LogP contribution in [0.2, 0.25) is 0 Å². The minimum Gasteiger partial charge on any atom is -0.462 e. The molecule has 0 fully saturated rings. The minimum atomic E-state index is -0.558. The molecule has 0 aliphatic rings. The molecule has 156 valence electrons. The summed E-state index contributed by atoms with van der Waals surface area (Å²) in [5.41, 5.74) is 2.30. The second-order valence-corrected chi connectivity index (χ2v) is 8.98. The second-order valence-electron chi connectivity index (χ2n) is 7.96. The van der Waals surface area contributed by atoms with Crippen LogP contribution >= 0.6 is 11.3 Å². The molecule has 2 aromatic rings. The fraction of sp³-hybridized carbons (Fsp3) is 0.409. The van der Waals surface area contributed by atoms with Crippen LogP contribution in [0.1, 0.15) is 69.2 Å². The molecular formula is C22H28N2O4S. The third-order valence-electron chi connectivity index (χ3n) is 4.47. The molecule has 0 atom stereocenters. The molecular weight excluding hydrogens is 388 g/mol. The van der Waals surface area contributed by atoms with E-state index in [9.17, 15) is 14.4 Å². The van der Waals surface area contributed by atoms with Crippen molar-refractivity contribution in [2.24, 2.45) is 0 Å². The number of thiophene rings is 1. The summed E-state index contributed by atoms with van der Waals surface area (Å²) in [6.07, 6.45) is 0. The normalized spacial score (nSPS) is 11.1. The zero-order valence-electron chi connectivity index (χ0n) is 18.0. The molecule has 0 bridgehead atoms. The third-order valence-corrected chi connectivity index (χ3v) is 5.66. The van der Waals surface area contributed by atoms with Gasteiger partial charge in [0.2, 0.25) is 0 Å². The Morgan fingerprint density at radius 1 is 1.10 bits per heavy atom. The highest BCUT2D eigenvalue weighted by atomic mass is 32.1. The van der Waals surface area contributed by atoms with E-state index in [0.717, 1.165) is 16.9 Å². The molecule has 0 radical (unpaired) electrons. The Hall–Kier alpha value is -2.67. The Labute approximate surface area is 175 Å². The van der Waals surface area contributed by atoms with Crippen LogP contribution in [-0.2, 0) is 10.2 Å². The molecule has 1 N–H and O–H groups in total. The maximum atomic E-state index is 12.8. The smallest absolute Gasteiger partial charge is 0.341 e. The van der Waals surface area contributed by atoms with Crippen LogP contribution in [0.25, 0.3) is 0 Å². The maximum absolute atomic E-state index is 12.8. The number of esters is 1. The Bertz CT molecular complexity index is 922. The predicted octanol–water partition coefficient (Wildman–Crippen LogP) is 4.48. The Morgan fingerprint density at radius 2 is 1.69 bits per heavy atom. The van der Waals surface area contributed by atoms with Crippen LogP contribution in [0.15, 0.2) is 24.3 Å². The van der Waals surface area contributed by atoms with E-state index in [1.54, 1.807) is 40.1 Å². The van der Waals surface area contributed by atoms with E-state index >= 15 is 0 Å². The van der Waals surface area contributed by atoms with Gasteiger partial charge < -0.3 is 15.0 Å². The lowest BCUT2D eigenvalue weighted by Gasteiger charge is -2.19. The fourth-order valence-electron chi connectivity index (χ4n) is 2.75. The molecule has 29 heavy (non-hydrogen) atoms. The Kier molecular flexibility index (Phi) is 6.85. The van der Waals surface area contributed by atoms with Gasteiger partial charge in [0, 0.05) is 19.7 Å². The van der Waals surface area contributed by atoms with Gasteiger partial charge in [-0.15, -0.1) is 11.3 Å². The van der Waals surface area contributed by atoms with Gasteiger partial charge in [0.05, 0.1) is 17.0 Å². The standard InChI is InChI=1S/C22H28N2O4S/c1-8-28-21(27)16-13(2)17(20(26)24(6)7)29-19(16)23-18(25)14-9-11-15(12-10-14)22(3,4)5/h9-12H,8H2,1-7H3,(H,23,25). The van der Waals surface area contributed by atoms with Gasteiger partial charge in [0.15, 0.2) is 0 Å². The summed E-state index contributed by atoms with van der Waals surface area (Å²) in [7, 11) is 3.28. The van der Waals surface area contributed by atoms with Crippen molar-refractivity contribution in [3.63, 3.8) is 0 Å². The molecule has 2 rings (SSSR count). The quantitative estimate of drug-likeness (QED) is 0.729. The van der Waals surface area contributed by atoms with Crippen LogP contribution in [-0.4, -0.2) is 43.4 Å². The van der Waals surface area contributed by atoms with Crippen molar-refractivity contribution in [3.05, 3.63) is 51.4 Å². The number of nitrogens with zero attached hydrogens (tertiary/aromatic N) is 1. The van der Waals surface area contributed by atoms with Crippen molar-refractivity contribution in [3.8, 4) is 0 Å². The molecule has 7 heteroatoms. The number of nitrogens with one attached hydrogen (secondary N) is 1. The summed E-state index contributed by atoms with van der Waals surface area (Å²) in [6.45, 7) is 9.91. The monoisotopic (exact) mass is 416 g/mol. The first-order valence-corrected chi connectivity index (χ1v) is 10.2. The van der Waals surface area contributed by atoms with Crippen LogP contribution in [0.3, 0.4) is 0 Å². The molecule has 1 aromatic heterocycles. The summed E-state index contributed by atoms with van der Waals surface area (Å²) >= 11 is 1.08. The molecule has 1 heterocycles. The van der Waals surface area contributed by atoms with Gasteiger partial charge in [-0.3, -0.25) is 9.59 Å². The molecule has 2 amide bonds. The van der Waals surface area contributed by atoms with Crippen LogP contribution in [0.5, 0.6) is 0 Å². The molecule has 1 aromatic carbocycles. The molecule has 0 aliphatic heterocycles. The number of hydrogen-bond donors (Lipinski definition) is 1. The van der Waals surface area contributed by atoms with Gasteiger partial charge in [-0.1, -0.05) is 32.9 Å². The van der Waals surface area contributed by atoms with E-state index in [2.05, 4.69) is 26.1 Å². The average molecular weight is 417 g/mol. The first-order valence-electron chi connectivity index (χ1n) is 9.41. The van der Waals surface area contributed by atoms with Crippen molar-refractivity contribution in [1.29, 1.82) is 0 Å². The number of hydrogen-bond acceptors (Lipinski definition) is 5. The van der Waals surface area contributed by atoms with E-state index in [4.69, 9.17) is 4.74 Å². The lowest BCUT2D eigenvalue weighted by atomic mass is 9.87. The topological polar surface area (TPSA) is 75.7 Å². The molecule has 0 unspecified atom stereocenters. The zero-order chi connectivity index (χ0) is 21.9. The lowest BCUT2D eigenvalue weighted by molar-refractivity contribution is 0.0527. The summed E-state index contributed by atoms with van der Waals surface area (Å²) in [5.74, 6) is -1.13. The highest BCUT2D eigenvalue weighted by Gasteiger charge is 2.27. The number of carbonyl (C=O) groups excluding carboxylic acids is 3. The SMILES string of the molecule is CCOC(=O)c1c(NC(=O)c2ccc(C(C)(C)C)cc2)sc(C(=O)N(C)C)c1C. The van der Waals surface area contributed by atoms with Gasteiger partial charge in [-0.05, 0) is 42.5 Å². The summed E-state index contributed by atoms with van der Waals surface area (Å²) in [6, 6.07) is 7.35. The molecule has 0 aliphatic carbocycles. The van der Waals surface area contributed by atoms with E-state index in [1.165, 1.54) is 4.90 Å². The lowest BCUT2D eigenvalue weighted by Crippen LogP contribution is -2.21. The van der Waals surface area contributed by atoms with E-state index in [-0.39, 0.29) is 29.4 Å². The van der Waals surface area contributed by atoms with Crippen molar-refractivity contribution < 1.29 is 19.1 Å². The fourth-order valence-corrected chi connectivity index (χ4v) is 3.97. The van der Waals surface area contributed by atoms with E-state index in [1.807, 2.05) is 12.1 Å². The van der Waals surface area contributed by atoms with Crippen LogP contribution < -0.4 is 5.32 Å². The van der Waals surface area contributed by atoms with Crippen molar-refractivity contribution in [2.75, 3.05) is 26.0 Å². The minimum absolute atomic E-state index is 0.0155. The largest absolute Gasteiger partial charge is 0.462 e. The molecule has 0 spiro atoms. The molecule has 0 saturated heterocycles. The number of carbonyl (C=O) groups is 3. The number of ether oxygens (including phenoxy) is 1. The number of benzene rings is 1. The maximum Gasteiger partial charge on any atom is 0.341 e. The number of amides is 2. The summed E-state index contributed by atoms with van der Waals surface area (Å²) < 4.78 is 5.13.